The molecule has 3 aromatic rings. The summed E-state index contributed by atoms with van der Waals surface area (Å²) in [5.41, 5.74) is 3.29. The van der Waals surface area contributed by atoms with Crippen LogP contribution in [0.2, 0.25) is 0 Å². The number of non-ortho nitro benzene ring substituents is 1. The first-order chi connectivity index (χ1) is 13.7. The zero-order valence-electron chi connectivity index (χ0n) is 14.7. The summed E-state index contributed by atoms with van der Waals surface area (Å²) >= 11 is 0. The summed E-state index contributed by atoms with van der Waals surface area (Å²) in [5, 5.41) is 15.0. The zero-order chi connectivity index (χ0) is 19.3. The summed E-state index contributed by atoms with van der Waals surface area (Å²) in [6, 6.07) is 14.1. The first-order valence-electron chi connectivity index (χ1n) is 8.52. The van der Waals surface area contributed by atoms with Crippen LogP contribution in [0.15, 0.2) is 76.2 Å². The van der Waals surface area contributed by atoms with E-state index in [1.165, 1.54) is 18.5 Å². The second-order valence-corrected chi connectivity index (χ2v) is 6.06. The van der Waals surface area contributed by atoms with E-state index >= 15 is 0 Å². The molecule has 0 amide bonds. The largest absolute Gasteiger partial charge is 0.271 e. The number of nitro groups is 1. The van der Waals surface area contributed by atoms with Crippen molar-refractivity contribution < 1.29 is 4.92 Å². The Bertz CT molecular complexity index is 1100. The molecular formula is C19H15N7O2. The molecule has 2 heterocycles. The molecule has 0 radical (unpaired) electrons. The topological polar surface area (TPSA) is 111 Å². The number of guanidine groups is 1. The van der Waals surface area contributed by atoms with Gasteiger partial charge in [0.2, 0.25) is 5.96 Å². The number of nitro benzene ring substituents is 1. The smallest absolute Gasteiger partial charge is 0.258 e. The summed E-state index contributed by atoms with van der Waals surface area (Å²) < 4.78 is 1.75. The van der Waals surface area contributed by atoms with Gasteiger partial charge >= 0.3 is 0 Å². The van der Waals surface area contributed by atoms with Crippen LogP contribution in [0.4, 0.5) is 11.4 Å². The molecule has 28 heavy (non-hydrogen) atoms. The fraction of sp³-hybridized carbons (Fsp3) is 0.105. The van der Waals surface area contributed by atoms with Crippen LogP contribution in [-0.4, -0.2) is 37.6 Å². The Morgan fingerprint density at radius 2 is 2.07 bits per heavy atom. The molecule has 2 aromatic carbocycles. The van der Waals surface area contributed by atoms with E-state index in [0.29, 0.717) is 18.7 Å². The van der Waals surface area contributed by atoms with Gasteiger partial charge < -0.3 is 0 Å². The summed E-state index contributed by atoms with van der Waals surface area (Å²) in [6.07, 6.45) is 5.49. The maximum absolute atomic E-state index is 10.9. The van der Waals surface area contributed by atoms with Gasteiger partial charge in [-0.2, -0.15) is 5.10 Å². The van der Waals surface area contributed by atoms with Gasteiger partial charge in [0.1, 0.15) is 12.7 Å². The van der Waals surface area contributed by atoms with E-state index in [2.05, 4.69) is 25.1 Å². The molecule has 0 saturated carbocycles. The van der Waals surface area contributed by atoms with E-state index in [1.54, 1.807) is 29.4 Å². The van der Waals surface area contributed by atoms with Crippen molar-refractivity contribution in [1.82, 2.24) is 14.8 Å². The zero-order valence-corrected chi connectivity index (χ0v) is 14.7. The normalized spacial score (nSPS) is 14.9. The first kappa shape index (κ1) is 17.4. The molecule has 0 fully saturated rings. The van der Waals surface area contributed by atoms with Gasteiger partial charge in [-0.15, -0.1) is 0 Å². The van der Waals surface area contributed by atoms with Gasteiger partial charge in [0.15, 0.2) is 0 Å². The summed E-state index contributed by atoms with van der Waals surface area (Å²) in [4.78, 5) is 27.5. The number of aromatic nitrogens is 3. The maximum Gasteiger partial charge on any atom is 0.271 e. The maximum atomic E-state index is 10.9. The van der Waals surface area contributed by atoms with Gasteiger partial charge in [0, 0.05) is 24.8 Å². The molecule has 0 N–H and O–H groups in total. The van der Waals surface area contributed by atoms with Gasteiger partial charge in [-0.05, 0) is 23.3 Å². The summed E-state index contributed by atoms with van der Waals surface area (Å²) in [7, 11) is 0. The van der Waals surface area contributed by atoms with Crippen LogP contribution < -0.4 is 0 Å². The Balaban J connectivity index is 1.60. The third-order valence-electron chi connectivity index (χ3n) is 4.07. The van der Waals surface area contributed by atoms with Crippen molar-refractivity contribution in [1.29, 1.82) is 0 Å². The minimum atomic E-state index is -0.455. The lowest BCUT2D eigenvalue weighted by Gasteiger charge is -2.10. The van der Waals surface area contributed by atoms with Crippen LogP contribution in [0.3, 0.4) is 0 Å². The average molecular weight is 373 g/mol. The van der Waals surface area contributed by atoms with Crippen LogP contribution in [0, 0.1) is 10.1 Å². The van der Waals surface area contributed by atoms with Crippen molar-refractivity contribution in [3.8, 4) is 0 Å². The standard InChI is InChI=1S/C19H15N7O2/c27-26(28)17-6-2-5-16(10-17)23-19-21-8-7-18(24-19)15-4-1-3-14(9-15)11-25-13-20-12-22-25/h1-6,8-10,12-13H,7,11H2. The third-order valence-corrected chi connectivity index (χ3v) is 4.07. The summed E-state index contributed by atoms with van der Waals surface area (Å²) in [5.74, 6) is 0.267. The van der Waals surface area contributed by atoms with Crippen LogP contribution >= 0.6 is 0 Å². The fourth-order valence-corrected chi connectivity index (χ4v) is 2.79. The van der Waals surface area contributed by atoms with Crippen molar-refractivity contribution in [2.45, 2.75) is 13.0 Å². The van der Waals surface area contributed by atoms with Gasteiger partial charge in [-0.1, -0.05) is 24.3 Å². The lowest BCUT2D eigenvalue weighted by Crippen LogP contribution is -2.11. The molecule has 1 aliphatic heterocycles. The predicted molar refractivity (Wildman–Crippen MR) is 105 cm³/mol. The van der Waals surface area contributed by atoms with E-state index in [9.17, 15) is 10.1 Å². The van der Waals surface area contributed by atoms with Gasteiger partial charge in [0.05, 0.1) is 22.9 Å². The van der Waals surface area contributed by atoms with Gasteiger partial charge in [-0.25, -0.2) is 24.6 Å². The molecule has 0 atom stereocenters. The molecule has 0 bridgehead atoms. The second kappa shape index (κ2) is 7.70. The van der Waals surface area contributed by atoms with Crippen molar-refractivity contribution in [3.63, 3.8) is 0 Å². The van der Waals surface area contributed by atoms with E-state index in [0.717, 1.165) is 16.8 Å². The van der Waals surface area contributed by atoms with Crippen LogP contribution in [-0.2, 0) is 6.54 Å². The quantitative estimate of drug-likeness (QED) is 0.505. The minimum Gasteiger partial charge on any atom is -0.258 e. The Hall–Kier alpha value is -4.01. The van der Waals surface area contributed by atoms with Gasteiger partial charge in [-0.3, -0.25) is 10.1 Å². The first-order valence-corrected chi connectivity index (χ1v) is 8.52. The highest BCUT2D eigenvalue weighted by atomic mass is 16.6. The highest BCUT2D eigenvalue weighted by Crippen LogP contribution is 2.21. The van der Waals surface area contributed by atoms with E-state index in [-0.39, 0.29) is 11.6 Å². The Morgan fingerprint density at radius 1 is 1.18 bits per heavy atom. The number of nitrogens with zero attached hydrogens (tertiary/aromatic N) is 7. The van der Waals surface area contributed by atoms with E-state index in [4.69, 9.17) is 0 Å². The number of rotatable bonds is 5. The van der Waals surface area contributed by atoms with E-state index < -0.39 is 4.92 Å². The van der Waals surface area contributed by atoms with Crippen LogP contribution in [0.1, 0.15) is 17.5 Å². The van der Waals surface area contributed by atoms with Crippen molar-refractivity contribution >= 4 is 29.3 Å². The molecule has 0 aliphatic carbocycles. The monoisotopic (exact) mass is 373 g/mol. The Labute approximate surface area is 160 Å². The predicted octanol–water partition coefficient (Wildman–Crippen LogP) is 3.19. The molecular weight excluding hydrogens is 358 g/mol. The number of hydrogen-bond acceptors (Lipinski definition) is 5. The molecule has 0 spiro atoms. The number of benzene rings is 2. The molecule has 0 unspecified atom stereocenters. The lowest BCUT2D eigenvalue weighted by atomic mass is 10.0. The number of hydrogen-bond donors (Lipinski definition) is 0. The van der Waals surface area contributed by atoms with E-state index in [1.807, 2.05) is 24.3 Å². The molecule has 1 aromatic heterocycles. The summed E-state index contributed by atoms with van der Waals surface area (Å²) in [6.45, 7) is 0.615. The lowest BCUT2D eigenvalue weighted by molar-refractivity contribution is -0.384. The highest BCUT2D eigenvalue weighted by molar-refractivity contribution is 6.16. The molecule has 9 nitrogen and oxygen atoms in total. The van der Waals surface area contributed by atoms with Crippen molar-refractivity contribution in [2.75, 3.05) is 0 Å². The third kappa shape index (κ3) is 4.04. The Morgan fingerprint density at radius 3 is 2.89 bits per heavy atom. The average Bonchev–Trinajstić information content (AvgIpc) is 3.22. The Kier molecular flexibility index (Phi) is 4.79. The molecule has 138 valence electrons. The number of aliphatic imine (C=N–C) groups is 3. The second-order valence-electron chi connectivity index (χ2n) is 6.06. The van der Waals surface area contributed by atoms with Gasteiger partial charge in [0.25, 0.3) is 5.69 Å². The molecule has 4 rings (SSSR count). The fourth-order valence-electron chi connectivity index (χ4n) is 2.79. The van der Waals surface area contributed by atoms with Crippen molar-refractivity contribution in [2.24, 2.45) is 15.0 Å². The highest BCUT2D eigenvalue weighted by Gasteiger charge is 2.11. The molecule has 1 aliphatic rings. The van der Waals surface area contributed by atoms with Crippen LogP contribution in [0.25, 0.3) is 0 Å². The van der Waals surface area contributed by atoms with Crippen molar-refractivity contribution in [3.05, 3.63) is 82.4 Å². The SMILES string of the molecule is O=[N+]([O-])c1cccc(N=C2N=CCC(c3cccc(Cn4cncn4)c3)=N2)c1. The van der Waals surface area contributed by atoms with Crippen LogP contribution in [0.5, 0.6) is 0 Å². The minimum absolute atomic E-state index is 0.0216. The molecule has 0 saturated heterocycles. The molecule has 9 heteroatoms.